The summed E-state index contributed by atoms with van der Waals surface area (Å²) in [6.45, 7) is 8.16. The Bertz CT molecular complexity index is 133. The highest BCUT2D eigenvalue weighted by Gasteiger charge is 2.40. The first-order valence-corrected chi connectivity index (χ1v) is 5.59. The summed E-state index contributed by atoms with van der Waals surface area (Å²) >= 11 is 0. The van der Waals surface area contributed by atoms with Crippen molar-refractivity contribution in [2.24, 2.45) is 5.41 Å². The molecule has 13 heavy (non-hydrogen) atoms. The molecule has 0 aromatic heterocycles. The predicted octanol–water partition coefficient (Wildman–Crippen LogP) is 1.88. The Morgan fingerprint density at radius 1 is 1.15 bits per heavy atom. The Hall–Kier alpha value is -0.0800. The molecule has 2 heteroatoms. The Morgan fingerprint density at radius 3 is 2.08 bits per heavy atom. The van der Waals surface area contributed by atoms with E-state index in [1.54, 1.807) is 0 Å². The van der Waals surface area contributed by atoms with Crippen LogP contribution in [0, 0.1) is 5.41 Å². The molecular weight excluding hydrogens is 162 g/mol. The van der Waals surface area contributed by atoms with Crippen LogP contribution in [0.4, 0.5) is 0 Å². The molecule has 1 aliphatic heterocycles. The summed E-state index contributed by atoms with van der Waals surface area (Å²) in [5.41, 5.74) is 0.610. The number of aliphatic hydroxyl groups is 1. The van der Waals surface area contributed by atoms with Crippen molar-refractivity contribution in [1.29, 1.82) is 0 Å². The molecule has 1 N–H and O–H groups in total. The van der Waals surface area contributed by atoms with Gasteiger partial charge in [0, 0.05) is 19.6 Å². The number of β-amino-alcohol motifs (C(OH)–C–C–N with tert-alkyl or cyclic N) is 1. The minimum Gasteiger partial charge on any atom is -0.395 e. The van der Waals surface area contributed by atoms with Crippen LogP contribution in [0.1, 0.15) is 39.5 Å². The van der Waals surface area contributed by atoms with Gasteiger partial charge in [0.1, 0.15) is 0 Å². The normalized spacial score (nSPS) is 21.5. The monoisotopic (exact) mass is 185 g/mol. The summed E-state index contributed by atoms with van der Waals surface area (Å²) in [6, 6.07) is 0. The maximum Gasteiger partial charge on any atom is 0.0558 e. The van der Waals surface area contributed by atoms with E-state index in [0.717, 1.165) is 6.54 Å². The van der Waals surface area contributed by atoms with Crippen molar-refractivity contribution in [2.75, 3.05) is 26.2 Å². The Kier molecular flexibility index (Phi) is 4.20. The highest BCUT2D eigenvalue weighted by molar-refractivity contribution is 4.93. The van der Waals surface area contributed by atoms with E-state index < -0.39 is 0 Å². The second-order valence-electron chi connectivity index (χ2n) is 4.43. The fourth-order valence-corrected chi connectivity index (χ4v) is 2.70. The molecule has 78 valence electrons. The fourth-order valence-electron chi connectivity index (χ4n) is 2.70. The zero-order valence-electron chi connectivity index (χ0n) is 9.05. The highest BCUT2D eigenvalue weighted by atomic mass is 16.3. The van der Waals surface area contributed by atoms with Gasteiger partial charge in [0.05, 0.1) is 6.61 Å². The molecule has 0 bridgehead atoms. The van der Waals surface area contributed by atoms with E-state index in [-0.39, 0.29) is 0 Å². The smallest absolute Gasteiger partial charge is 0.0558 e. The average molecular weight is 185 g/mol. The van der Waals surface area contributed by atoms with E-state index in [1.807, 2.05) is 0 Å². The number of rotatable bonds is 6. The number of hydrogen-bond acceptors (Lipinski definition) is 2. The first kappa shape index (κ1) is 11.0. The lowest BCUT2D eigenvalue weighted by atomic mass is 9.73. The third-order valence-corrected chi connectivity index (χ3v) is 3.09. The van der Waals surface area contributed by atoms with Crippen molar-refractivity contribution in [2.45, 2.75) is 39.5 Å². The Labute approximate surface area is 81.9 Å². The molecular formula is C11H23NO. The van der Waals surface area contributed by atoms with E-state index in [4.69, 9.17) is 5.11 Å². The van der Waals surface area contributed by atoms with Crippen molar-refractivity contribution < 1.29 is 5.11 Å². The first-order valence-electron chi connectivity index (χ1n) is 5.59. The lowest BCUT2D eigenvalue weighted by molar-refractivity contribution is -0.0226. The lowest BCUT2D eigenvalue weighted by Gasteiger charge is -2.50. The zero-order chi connectivity index (χ0) is 9.73. The van der Waals surface area contributed by atoms with Crippen LogP contribution in [0.25, 0.3) is 0 Å². The van der Waals surface area contributed by atoms with Gasteiger partial charge < -0.3 is 5.11 Å². The molecule has 2 nitrogen and oxygen atoms in total. The number of likely N-dealkylation sites (tertiary alicyclic amines) is 1. The third-order valence-electron chi connectivity index (χ3n) is 3.09. The van der Waals surface area contributed by atoms with Gasteiger partial charge in [0.25, 0.3) is 0 Å². The van der Waals surface area contributed by atoms with Gasteiger partial charge in [-0.05, 0) is 18.3 Å². The van der Waals surface area contributed by atoms with Gasteiger partial charge in [-0.1, -0.05) is 26.7 Å². The van der Waals surface area contributed by atoms with Gasteiger partial charge in [-0.15, -0.1) is 0 Å². The molecule has 0 aromatic carbocycles. The fraction of sp³-hybridized carbons (Fsp3) is 1.00. The first-order chi connectivity index (χ1) is 6.26. The summed E-state index contributed by atoms with van der Waals surface area (Å²) in [6.07, 6.45) is 5.32. The molecule has 1 aliphatic rings. The second-order valence-corrected chi connectivity index (χ2v) is 4.43. The zero-order valence-corrected chi connectivity index (χ0v) is 9.05. The Balaban J connectivity index is 2.29. The van der Waals surface area contributed by atoms with Gasteiger partial charge in [0.2, 0.25) is 0 Å². The molecule has 0 saturated carbocycles. The van der Waals surface area contributed by atoms with E-state index >= 15 is 0 Å². The molecule has 0 radical (unpaired) electrons. The van der Waals surface area contributed by atoms with Gasteiger partial charge in [-0.2, -0.15) is 0 Å². The van der Waals surface area contributed by atoms with Crippen molar-refractivity contribution in [1.82, 2.24) is 4.90 Å². The minimum absolute atomic E-state index is 0.314. The molecule has 0 unspecified atom stereocenters. The Morgan fingerprint density at radius 2 is 1.69 bits per heavy atom. The maximum absolute atomic E-state index is 8.79. The number of hydrogen-bond donors (Lipinski definition) is 1. The minimum atomic E-state index is 0.314. The molecule has 1 heterocycles. The average Bonchev–Trinajstić information content (AvgIpc) is 2.03. The summed E-state index contributed by atoms with van der Waals surface area (Å²) in [5.74, 6) is 0. The summed E-state index contributed by atoms with van der Waals surface area (Å²) in [5, 5.41) is 8.79. The van der Waals surface area contributed by atoms with Crippen molar-refractivity contribution in [3.8, 4) is 0 Å². The standard InChI is InChI=1S/C11H23NO/c1-3-5-11(6-4-2)9-12(10-11)7-8-13/h13H,3-10H2,1-2H3. The van der Waals surface area contributed by atoms with Crippen LogP contribution in [-0.4, -0.2) is 36.2 Å². The summed E-state index contributed by atoms with van der Waals surface area (Å²) < 4.78 is 0. The van der Waals surface area contributed by atoms with Gasteiger partial charge in [-0.25, -0.2) is 0 Å². The van der Waals surface area contributed by atoms with Crippen molar-refractivity contribution in [3.05, 3.63) is 0 Å². The van der Waals surface area contributed by atoms with Crippen LogP contribution in [0.5, 0.6) is 0 Å². The van der Waals surface area contributed by atoms with Crippen LogP contribution in [0.15, 0.2) is 0 Å². The largest absolute Gasteiger partial charge is 0.395 e. The highest BCUT2D eigenvalue weighted by Crippen LogP contribution is 2.39. The van der Waals surface area contributed by atoms with Crippen LogP contribution in [-0.2, 0) is 0 Å². The molecule has 0 atom stereocenters. The SMILES string of the molecule is CCCC1(CCC)CN(CCO)C1. The molecule has 1 fully saturated rings. The topological polar surface area (TPSA) is 23.5 Å². The molecule has 1 rings (SSSR count). The molecule has 1 saturated heterocycles. The van der Waals surface area contributed by atoms with Crippen LogP contribution in [0.3, 0.4) is 0 Å². The number of aliphatic hydroxyl groups excluding tert-OH is 1. The predicted molar refractivity (Wildman–Crippen MR) is 55.8 cm³/mol. The van der Waals surface area contributed by atoms with E-state index in [0.29, 0.717) is 12.0 Å². The number of nitrogens with zero attached hydrogens (tertiary/aromatic N) is 1. The second kappa shape index (κ2) is 4.97. The molecule has 0 aliphatic carbocycles. The van der Waals surface area contributed by atoms with Gasteiger partial charge in [0.15, 0.2) is 0 Å². The van der Waals surface area contributed by atoms with Crippen molar-refractivity contribution in [3.63, 3.8) is 0 Å². The van der Waals surface area contributed by atoms with Gasteiger partial charge in [-0.3, -0.25) is 4.90 Å². The maximum atomic E-state index is 8.79. The lowest BCUT2D eigenvalue weighted by Crippen LogP contribution is -2.56. The molecule has 0 aromatic rings. The van der Waals surface area contributed by atoms with Crippen molar-refractivity contribution >= 4 is 0 Å². The molecule has 0 spiro atoms. The van der Waals surface area contributed by atoms with Crippen LogP contribution in [0.2, 0.25) is 0 Å². The molecule has 0 amide bonds. The van der Waals surface area contributed by atoms with Gasteiger partial charge >= 0.3 is 0 Å². The van der Waals surface area contributed by atoms with E-state index in [1.165, 1.54) is 38.8 Å². The summed E-state index contributed by atoms with van der Waals surface area (Å²) in [4.78, 5) is 2.37. The third kappa shape index (κ3) is 2.68. The summed E-state index contributed by atoms with van der Waals surface area (Å²) in [7, 11) is 0. The van der Waals surface area contributed by atoms with E-state index in [2.05, 4.69) is 18.7 Å². The van der Waals surface area contributed by atoms with E-state index in [9.17, 15) is 0 Å². The van der Waals surface area contributed by atoms with Crippen LogP contribution >= 0.6 is 0 Å². The van der Waals surface area contributed by atoms with Crippen LogP contribution < -0.4 is 0 Å². The quantitative estimate of drug-likeness (QED) is 0.683.